The van der Waals surface area contributed by atoms with E-state index in [4.69, 9.17) is 0 Å². The number of carboxylic acid groups (broad SMARTS) is 1. The zero-order valence-electron chi connectivity index (χ0n) is 12.3. The van der Waals surface area contributed by atoms with Gasteiger partial charge in [0.05, 0.1) is 5.41 Å². The average molecular weight is 290 g/mol. The van der Waals surface area contributed by atoms with Crippen LogP contribution in [0.5, 0.6) is 0 Å². The first-order valence-corrected chi connectivity index (χ1v) is 7.30. The summed E-state index contributed by atoms with van der Waals surface area (Å²) in [5.74, 6) is -1.18. The number of carboxylic acids is 1. The fraction of sp³-hybridized carbons (Fsp3) is 0.500. The largest absolute Gasteiger partial charge is 0.480 e. The molecule has 114 valence electrons. The molecule has 5 heteroatoms. The van der Waals surface area contributed by atoms with E-state index in [9.17, 15) is 14.7 Å². The minimum atomic E-state index is -1.00. The second-order valence-corrected chi connectivity index (χ2v) is 5.89. The molecule has 2 atom stereocenters. The molecule has 1 unspecified atom stereocenters. The molecule has 1 saturated heterocycles. The van der Waals surface area contributed by atoms with E-state index < -0.39 is 17.4 Å². The third kappa shape index (κ3) is 4.04. The van der Waals surface area contributed by atoms with Crippen LogP contribution in [0.15, 0.2) is 30.3 Å². The van der Waals surface area contributed by atoms with Crippen molar-refractivity contribution in [3.63, 3.8) is 0 Å². The van der Waals surface area contributed by atoms with Gasteiger partial charge in [0.1, 0.15) is 6.04 Å². The first-order chi connectivity index (χ1) is 10.0. The Morgan fingerprint density at radius 2 is 2.10 bits per heavy atom. The summed E-state index contributed by atoms with van der Waals surface area (Å²) in [6.07, 6.45) is 2.01. The van der Waals surface area contributed by atoms with Crippen molar-refractivity contribution >= 4 is 11.9 Å². The molecule has 1 amide bonds. The van der Waals surface area contributed by atoms with Crippen molar-refractivity contribution in [3.05, 3.63) is 35.9 Å². The molecule has 0 radical (unpaired) electrons. The molecule has 5 nitrogen and oxygen atoms in total. The normalized spacial score (nSPS) is 23.3. The average Bonchev–Trinajstić information content (AvgIpc) is 2.48. The van der Waals surface area contributed by atoms with Gasteiger partial charge in [0.15, 0.2) is 0 Å². The highest BCUT2D eigenvalue weighted by Crippen LogP contribution is 2.25. The maximum atomic E-state index is 12.4. The fourth-order valence-corrected chi connectivity index (χ4v) is 2.63. The quantitative estimate of drug-likeness (QED) is 0.761. The first-order valence-electron chi connectivity index (χ1n) is 7.30. The monoisotopic (exact) mass is 290 g/mol. The molecular formula is C16H22N2O3. The third-order valence-corrected chi connectivity index (χ3v) is 4.03. The number of rotatable bonds is 5. The summed E-state index contributed by atoms with van der Waals surface area (Å²) >= 11 is 0. The van der Waals surface area contributed by atoms with Crippen LogP contribution in [0.2, 0.25) is 0 Å². The molecule has 0 bridgehead atoms. The molecule has 0 aromatic heterocycles. The highest BCUT2D eigenvalue weighted by atomic mass is 16.4. The lowest BCUT2D eigenvalue weighted by Gasteiger charge is -2.33. The van der Waals surface area contributed by atoms with Gasteiger partial charge in [-0.3, -0.25) is 4.79 Å². The van der Waals surface area contributed by atoms with Gasteiger partial charge in [0.2, 0.25) is 5.91 Å². The molecule has 1 aromatic carbocycles. The van der Waals surface area contributed by atoms with Crippen molar-refractivity contribution in [1.82, 2.24) is 10.6 Å². The minimum absolute atomic E-state index is 0.182. The Morgan fingerprint density at radius 3 is 2.67 bits per heavy atom. The number of benzene rings is 1. The lowest BCUT2D eigenvalue weighted by Crippen LogP contribution is -2.53. The molecule has 1 aliphatic heterocycles. The Balaban J connectivity index is 2.02. The van der Waals surface area contributed by atoms with Gasteiger partial charge in [-0.2, -0.15) is 0 Å². The smallest absolute Gasteiger partial charge is 0.326 e. The van der Waals surface area contributed by atoms with Crippen LogP contribution >= 0.6 is 0 Å². The van der Waals surface area contributed by atoms with Crippen molar-refractivity contribution < 1.29 is 14.7 Å². The van der Waals surface area contributed by atoms with E-state index in [2.05, 4.69) is 10.6 Å². The Bertz CT molecular complexity index is 496. The van der Waals surface area contributed by atoms with E-state index in [1.807, 2.05) is 37.3 Å². The molecule has 21 heavy (non-hydrogen) atoms. The van der Waals surface area contributed by atoms with Crippen LogP contribution in [0.4, 0.5) is 0 Å². The van der Waals surface area contributed by atoms with Crippen molar-refractivity contribution in [1.29, 1.82) is 0 Å². The number of piperidine rings is 1. The highest BCUT2D eigenvalue weighted by Gasteiger charge is 2.36. The number of carbonyl (C=O) groups excluding carboxylic acids is 1. The molecule has 0 aliphatic carbocycles. The van der Waals surface area contributed by atoms with Gasteiger partial charge in [-0.1, -0.05) is 30.3 Å². The van der Waals surface area contributed by atoms with Crippen LogP contribution in [0.25, 0.3) is 0 Å². The van der Waals surface area contributed by atoms with Crippen LogP contribution < -0.4 is 10.6 Å². The zero-order chi connectivity index (χ0) is 15.3. The van der Waals surface area contributed by atoms with Crippen LogP contribution in [0.1, 0.15) is 25.3 Å². The van der Waals surface area contributed by atoms with E-state index in [0.717, 1.165) is 24.9 Å². The van der Waals surface area contributed by atoms with Gasteiger partial charge in [0.25, 0.3) is 0 Å². The fourth-order valence-electron chi connectivity index (χ4n) is 2.63. The number of amides is 1. The van der Waals surface area contributed by atoms with Gasteiger partial charge in [0, 0.05) is 13.0 Å². The van der Waals surface area contributed by atoms with Crippen LogP contribution in [-0.2, 0) is 16.0 Å². The molecule has 1 aliphatic rings. The predicted molar refractivity (Wildman–Crippen MR) is 79.9 cm³/mol. The van der Waals surface area contributed by atoms with Gasteiger partial charge >= 0.3 is 5.97 Å². The lowest BCUT2D eigenvalue weighted by atomic mass is 9.81. The second kappa shape index (κ2) is 6.72. The number of carbonyl (C=O) groups is 2. The number of hydrogen-bond acceptors (Lipinski definition) is 3. The van der Waals surface area contributed by atoms with E-state index in [-0.39, 0.29) is 5.91 Å². The van der Waals surface area contributed by atoms with Crippen LogP contribution in [-0.4, -0.2) is 36.1 Å². The van der Waals surface area contributed by atoms with E-state index >= 15 is 0 Å². The Hall–Kier alpha value is -1.88. The van der Waals surface area contributed by atoms with Gasteiger partial charge in [-0.05, 0) is 31.9 Å². The molecule has 1 heterocycles. The topological polar surface area (TPSA) is 78.4 Å². The maximum Gasteiger partial charge on any atom is 0.326 e. The Morgan fingerprint density at radius 1 is 1.38 bits per heavy atom. The van der Waals surface area contributed by atoms with E-state index in [0.29, 0.717) is 13.0 Å². The van der Waals surface area contributed by atoms with E-state index in [1.54, 1.807) is 0 Å². The second-order valence-electron chi connectivity index (χ2n) is 5.89. The van der Waals surface area contributed by atoms with Crippen LogP contribution in [0.3, 0.4) is 0 Å². The standard InChI is InChI=1S/C16H22N2O3/c1-16(8-5-9-17-11-16)15(21)18-13(14(19)20)10-12-6-3-2-4-7-12/h2-4,6-7,13,17H,5,8-11H2,1H3,(H,18,21)(H,19,20)/t13-,16?/m0/s1. The summed E-state index contributed by atoms with van der Waals surface area (Å²) in [5, 5.41) is 15.2. The van der Waals surface area contributed by atoms with Gasteiger partial charge in [-0.25, -0.2) is 4.79 Å². The summed E-state index contributed by atoms with van der Waals surface area (Å²) in [5.41, 5.74) is 0.375. The molecule has 1 fully saturated rings. The molecule has 0 spiro atoms. The number of hydrogen-bond donors (Lipinski definition) is 3. The Labute approximate surface area is 124 Å². The van der Waals surface area contributed by atoms with Crippen LogP contribution in [0, 0.1) is 5.41 Å². The summed E-state index contributed by atoms with van der Waals surface area (Å²) in [7, 11) is 0. The summed E-state index contributed by atoms with van der Waals surface area (Å²) in [4.78, 5) is 23.8. The molecule has 3 N–H and O–H groups in total. The van der Waals surface area contributed by atoms with Crippen molar-refractivity contribution in [2.45, 2.75) is 32.2 Å². The molecular weight excluding hydrogens is 268 g/mol. The van der Waals surface area contributed by atoms with Crippen molar-refractivity contribution in [2.75, 3.05) is 13.1 Å². The molecule has 1 aromatic rings. The zero-order valence-corrected chi connectivity index (χ0v) is 12.3. The Kier molecular flexibility index (Phi) is 4.96. The predicted octanol–water partition coefficient (Wildman–Crippen LogP) is 1.19. The number of nitrogens with one attached hydrogen (secondary N) is 2. The molecule has 2 rings (SSSR count). The first kappa shape index (κ1) is 15.5. The maximum absolute atomic E-state index is 12.4. The minimum Gasteiger partial charge on any atom is -0.480 e. The van der Waals surface area contributed by atoms with Crippen molar-refractivity contribution in [2.24, 2.45) is 5.41 Å². The summed E-state index contributed by atoms with van der Waals surface area (Å²) < 4.78 is 0. The summed E-state index contributed by atoms with van der Waals surface area (Å²) in [6, 6.07) is 8.45. The lowest BCUT2D eigenvalue weighted by molar-refractivity contribution is -0.144. The summed E-state index contributed by atoms with van der Waals surface area (Å²) in [6.45, 7) is 3.39. The van der Waals surface area contributed by atoms with Gasteiger partial charge < -0.3 is 15.7 Å². The SMILES string of the molecule is CC1(C(=O)N[C@@H](Cc2ccccc2)C(=O)O)CCCNC1. The highest BCUT2D eigenvalue weighted by molar-refractivity contribution is 5.87. The van der Waals surface area contributed by atoms with Crippen molar-refractivity contribution in [3.8, 4) is 0 Å². The van der Waals surface area contributed by atoms with Gasteiger partial charge in [-0.15, -0.1) is 0 Å². The number of aliphatic carboxylic acids is 1. The molecule has 0 saturated carbocycles. The van der Waals surface area contributed by atoms with E-state index in [1.165, 1.54) is 0 Å². The third-order valence-electron chi connectivity index (χ3n) is 4.03.